The molecule has 5 heteroatoms. The zero-order valence-electron chi connectivity index (χ0n) is 12.6. The number of ether oxygens (including phenoxy) is 1. The van der Waals surface area contributed by atoms with Crippen LogP contribution >= 0.6 is 0 Å². The number of aliphatic hydroxyl groups is 1. The molecule has 0 atom stereocenters. The van der Waals surface area contributed by atoms with Crippen molar-refractivity contribution in [1.29, 1.82) is 0 Å². The fourth-order valence-corrected chi connectivity index (χ4v) is 2.46. The van der Waals surface area contributed by atoms with E-state index >= 15 is 0 Å². The smallest absolute Gasteiger partial charge is 0.319 e. The van der Waals surface area contributed by atoms with Gasteiger partial charge in [0.05, 0.1) is 12.2 Å². The molecule has 1 aromatic carbocycles. The zero-order chi connectivity index (χ0) is 15.2. The highest BCUT2D eigenvalue weighted by Gasteiger charge is 2.20. The Bertz CT molecular complexity index is 451. The highest BCUT2D eigenvalue weighted by atomic mass is 16.5. The normalized spacial score (nSPS) is 21.9. The Hall–Kier alpha value is -1.75. The number of hydrogen-bond acceptors (Lipinski definition) is 3. The molecule has 2 amide bonds. The van der Waals surface area contributed by atoms with Gasteiger partial charge in [-0.25, -0.2) is 4.79 Å². The van der Waals surface area contributed by atoms with E-state index in [4.69, 9.17) is 4.74 Å². The van der Waals surface area contributed by atoms with E-state index in [1.807, 2.05) is 38.1 Å². The monoisotopic (exact) mass is 292 g/mol. The summed E-state index contributed by atoms with van der Waals surface area (Å²) in [7, 11) is 0. The van der Waals surface area contributed by atoms with E-state index in [9.17, 15) is 9.90 Å². The fraction of sp³-hybridized carbons (Fsp3) is 0.562. The molecule has 1 aliphatic carbocycles. The number of urea groups is 1. The SMILES string of the molecule is CC(C)Oc1ccc(NC(=O)NC2CCC(O)CC2)cc1. The van der Waals surface area contributed by atoms with Gasteiger partial charge in [-0.2, -0.15) is 0 Å². The van der Waals surface area contributed by atoms with E-state index in [1.165, 1.54) is 0 Å². The van der Waals surface area contributed by atoms with Crippen LogP contribution in [0.4, 0.5) is 10.5 Å². The number of rotatable bonds is 4. The van der Waals surface area contributed by atoms with Crippen LogP contribution in [0.3, 0.4) is 0 Å². The molecule has 3 N–H and O–H groups in total. The molecule has 0 spiro atoms. The third kappa shape index (κ3) is 5.27. The summed E-state index contributed by atoms with van der Waals surface area (Å²) < 4.78 is 5.55. The second kappa shape index (κ2) is 7.31. The van der Waals surface area contributed by atoms with Crippen molar-refractivity contribution in [2.24, 2.45) is 0 Å². The van der Waals surface area contributed by atoms with Gasteiger partial charge in [0.2, 0.25) is 0 Å². The average molecular weight is 292 g/mol. The second-order valence-corrected chi connectivity index (χ2v) is 5.79. The fourth-order valence-electron chi connectivity index (χ4n) is 2.46. The largest absolute Gasteiger partial charge is 0.491 e. The first-order valence-corrected chi connectivity index (χ1v) is 7.55. The molecule has 0 bridgehead atoms. The standard InChI is InChI=1S/C16H24N2O3/c1-11(2)21-15-9-5-13(6-10-15)18-16(20)17-12-3-7-14(19)8-4-12/h5-6,9-12,14,19H,3-4,7-8H2,1-2H3,(H2,17,18,20). The Morgan fingerprint density at radius 2 is 1.81 bits per heavy atom. The Labute approximate surface area is 125 Å². The van der Waals surface area contributed by atoms with Crippen LogP contribution in [0.25, 0.3) is 0 Å². The molecule has 2 rings (SSSR count). The first kappa shape index (κ1) is 15.6. The minimum Gasteiger partial charge on any atom is -0.491 e. The van der Waals surface area contributed by atoms with Crippen molar-refractivity contribution in [1.82, 2.24) is 5.32 Å². The van der Waals surface area contributed by atoms with Gasteiger partial charge in [-0.15, -0.1) is 0 Å². The molecule has 0 unspecified atom stereocenters. The Morgan fingerprint density at radius 1 is 1.19 bits per heavy atom. The highest BCUT2D eigenvalue weighted by Crippen LogP contribution is 2.19. The summed E-state index contributed by atoms with van der Waals surface area (Å²) in [4.78, 5) is 11.9. The van der Waals surface area contributed by atoms with Crippen LogP contribution in [0.1, 0.15) is 39.5 Å². The van der Waals surface area contributed by atoms with Crippen LogP contribution in [0.15, 0.2) is 24.3 Å². The molecule has 5 nitrogen and oxygen atoms in total. The third-order valence-corrected chi connectivity index (χ3v) is 3.52. The summed E-state index contributed by atoms with van der Waals surface area (Å²) >= 11 is 0. The van der Waals surface area contributed by atoms with Crippen molar-refractivity contribution in [2.75, 3.05) is 5.32 Å². The molecule has 1 aliphatic rings. The second-order valence-electron chi connectivity index (χ2n) is 5.79. The Balaban J connectivity index is 1.79. The van der Waals surface area contributed by atoms with Gasteiger partial charge in [-0.05, 0) is 63.8 Å². The number of hydrogen-bond donors (Lipinski definition) is 3. The molecular weight excluding hydrogens is 268 g/mol. The lowest BCUT2D eigenvalue weighted by molar-refractivity contribution is 0.118. The molecule has 1 aromatic rings. The van der Waals surface area contributed by atoms with Gasteiger partial charge in [-0.1, -0.05) is 0 Å². The maximum atomic E-state index is 11.9. The maximum Gasteiger partial charge on any atom is 0.319 e. The molecule has 1 fully saturated rings. The lowest BCUT2D eigenvalue weighted by atomic mass is 9.93. The van der Waals surface area contributed by atoms with Gasteiger partial charge < -0.3 is 20.5 Å². The molecule has 21 heavy (non-hydrogen) atoms. The van der Waals surface area contributed by atoms with E-state index in [0.29, 0.717) is 0 Å². The van der Waals surface area contributed by atoms with Crippen molar-refractivity contribution >= 4 is 11.7 Å². The van der Waals surface area contributed by atoms with Crippen LogP contribution in [0.2, 0.25) is 0 Å². The van der Waals surface area contributed by atoms with Crippen LogP contribution in [0.5, 0.6) is 5.75 Å². The number of carbonyl (C=O) groups is 1. The summed E-state index contributed by atoms with van der Waals surface area (Å²) in [5, 5.41) is 15.2. The van der Waals surface area contributed by atoms with Crippen molar-refractivity contribution in [3.05, 3.63) is 24.3 Å². The number of amides is 2. The van der Waals surface area contributed by atoms with Crippen LogP contribution in [0, 0.1) is 0 Å². The maximum absolute atomic E-state index is 11.9. The van der Waals surface area contributed by atoms with E-state index in [1.54, 1.807) is 0 Å². The van der Waals surface area contributed by atoms with E-state index in [0.717, 1.165) is 37.1 Å². The number of aliphatic hydroxyl groups excluding tert-OH is 1. The molecule has 0 heterocycles. The Morgan fingerprint density at radius 3 is 2.38 bits per heavy atom. The molecule has 116 valence electrons. The van der Waals surface area contributed by atoms with Crippen LogP contribution in [-0.4, -0.2) is 29.4 Å². The third-order valence-electron chi connectivity index (χ3n) is 3.52. The van der Waals surface area contributed by atoms with Crippen molar-refractivity contribution in [2.45, 2.75) is 57.8 Å². The molecule has 0 aliphatic heterocycles. The summed E-state index contributed by atoms with van der Waals surface area (Å²) in [5.41, 5.74) is 0.736. The highest BCUT2D eigenvalue weighted by molar-refractivity contribution is 5.89. The van der Waals surface area contributed by atoms with Gasteiger partial charge >= 0.3 is 6.03 Å². The van der Waals surface area contributed by atoms with Gasteiger partial charge in [0.1, 0.15) is 5.75 Å². The quantitative estimate of drug-likeness (QED) is 0.799. The minimum atomic E-state index is -0.209. The van der Waals surface area contributed by atoms with E-state index in [-0.39, 0.29) is 24.3 Å². The van der Waals surface area contributed by atoms with Crippen LogP contribution < -0.4 is 15.4 Å². The first-order valence-electron chi connectivity index (χ1n) is 7.55. The van der Waals surface area contributed by atoms with Gasteiger partial charge in [0.15, 0.2) is 0 Å². The number of benzene rings is 1. The number of nitrogens with one attached hydrogen (secondary N) is 2. The van der Waals surface area contributed by atoms with Gasteiger partial charge in [0, 0.05) is 11.7 Å². The molecule has 1 saturated carbocycles. The molecule has 0 saturated heterocycles. The number of carbonyl (C=O) groups excluding carboxylic acids is 1. The van der Waals surface area contributed by atoms with Crippen LogP contribution in [-0.2, 0) is 0 Å². The molecule has 0 radical (unpaired) electrons. The lowest BCUT2D eigenvalue weighted by Crippen LogP contribution is -2.40. The Kier molecular flexibility index (Phi) is 5.44. The molecule has 0 aromatic heterocycles. The summed E-state index contributed by atoms with van der Waals surface area (Å²) in [6.45, 7) is 3.95. The average Bonchev–Trinajstić information content (AvgIpc) is 2.43. The lowest BCUT2D eigenvalue weighted by Gasteiger charge is -2.26. The number of anilines is 1. The zero-order valence-corrected chi connectivity index (χ0v) is 12.6. The predicted molar refractivity (Wildman–Crippen MR) is 82.6 cm³/mol. The minimum absolute atomic E-state index is 0.133. The van der Waals surface area contributed by atoms with Crippen molar-refractivity contribution < 1.29 is 14.6 Å². The molecular formula is C16H24N2O3. The first-order chi connectivity index (χ1) is 10.0. The van der Waals surface area contributed by atoms with E-state index < -0.39 is 0 Å². The topological polar surface area (TPSA) is 70.6 Å². The van der Waals surface area contributed by atoms with Gasteiger partial charge in [0.25, 0.3) is 0 Å². The van der Waals surface area contributed by atoms with Gasteiger partial charge in [-0.3, -0.25) is 0 Å². The predicted octanol–water partition coefficient (Wildman–Crippen LogP) is 2.90. The van der Waals surface area contributed by atoms with E-state index in [2.05, 4.69) is 10.6 Å². The summed E-state index contributed by atoms with van der Waals surface area (Å²) in [5.74, 6) is 0.789. The van der Waals surface area contributed by atoms with Crippen molar-refractivity contribution in [3.63, 3.8) is 0 Å². The summed E-state index contributed by atoms with van der Waals surface area (Å²) in [6.07, 6.45) is 3.09. The summed E-state index contributed by atoms with van der Waals surface area (Å²) in [6, 6.07) is 7.27. The van der Waals surface area contributed by atoms with Crippen molar-refractivity contribution in [3.8, 4) is 5.75 Å².